The molecule has 0 saturated carbocycles. The van der Waals surface area contributed by atoms with Crippen molar-refractivity contribution in [1.29, 1.82) is 0 Å². The van der Waals surface area contributed by atoms with E-state index in [1.807, 2.05) is 19.1 Å². The Morgan fingerprint density at radius 3 is 2.95 bits per heavy atom. The molecule has 0 aliphatic carbocycles. The number of furan rings is 1. The van der Waals surface area contributed by atoms with Crippen LogP contribution in [0.15, 0.2) is 22.8 Å². The fourth-order valence-corrected chi connectivity index (χ4v) is 1.71. The number of rotatable bonds is 7. The van der Waals surface area contributed by atoms with Crippen LogP contribution in [0.3, 0.4) is 0 Å². The molecule has 2 N–H and O–H groups in total. The number of ether oxygens (including phenoxy) is 1. The van der Waals surface area contributed by atoms with E-state index in [-0.39, 0.29) is 0 Å². The van der Waals surface area contributed by atoms with Crippen LogP contribution >= 0.6 is 0 Å². The fourth-order valence-electron chi connectivity index (χ4n) is 1.71. The van der Waals surface area contributed by atoms with Crippen molar-refractivity contribution in [2.75, 3.05) is 6.54 Å². The van der Waals surface area contributed by atoms with Crippen molar-refractivity contribution in [2.45, 2.75) is 33.9 Å². The monoisotopic (exact) mass is 263 g/mol. The second-order valence-corrected chi connectivity index (χ2v) is 5.12. The number of H-pyrrole nitrogens is 1. The third kappa shape index (κ3) is 4.44. The Bertz CT molecular complexity index is 502. The van der Waals surface area contributed by atoms with Gasteiger partial charge in [-0.15, -0.1) is 5.10 Å². The lowest BCUT2D eigenvalue weighted by molar-refractivity contribution is 0.260. The fraction of sp³-hybridized carbons (Fsp3) is 0.500. The van der Waals surface area contributed by atoms with Gasteiger partial charge >= 0.3 is 0 Å². The van der Waals surface area contributed by atoms with E-state index in [4.69, 9.17) is 9.15 Å². The maximum absolute atomic E-state index is 5.51. The first kappa shape index (κ1) is 13.7. The van der Waals surface area contributed by atoms with Crippen molar-refractivity contribution < 1.29 is 9.15 Å². The van der Waals surface area contributed by atoms with Crippen LogP contribution < -0.4 is 10.1 Å². The molecular weight excluding hydrogens is 242 g/mol. The highest BCUT2D eigenvalue weighted by atomic mass is 16.5. The topological polar surface area (TPSA) is 63.1 Å². The Hall–Kier alpha value is -1.75. The zero-order valence-corrected chi connectivity index (χ0v) is 11.7. The van der Waals surface area contributed by atoms with E-state index in [2.05, 4.69) is 29.4 Å². The van der Waals surface area contributed by atoms with E-state index in [0.29, 0.717) is 18.4 Å². The quantitative estimate of drug-likeness (QED) is 0.806. The summed E-state index contributed by atoms with van der Waals surface area (Å²) in [6.45, 7) is 8.54. The highest BCUT2D eigenvalue weighted by Gasteiger charge is 2.04. The highest BCUT2D eigenvalue weighted by Crippen LogP contribution is 2.13. The standard InChI is InChI=1S/C14H21N3O2/c1-10(2)6-15-7-12-5-13(18-8-12)9-19-14-4-11(3)16-17-14/h4-5,8,10,15H,6-7,9H2,1-3H3,(H,16,17). The number of hydrogen-bond donors (Lipinski definition) is 2. The van der Waals surface area contributed by atoms with Gasteiger partial charge in [-0.25, -0.2) is 0 Å². The SMILES string of the molecule is Cc1cc(OCc2cc(CNCC(C)C)co2)n[nH]1. The first-order valence-electron chi connectivity index (χ1n) is 6.55. The summed E-state index contributed by atoms with van der Waals surface area (Å²) in [6.07, 6.45) is 1.77. The molecular formula is C14H21N3O2. The number of aromatic amines is 1. The van der Waals surface area contributed by atoms with Crippen LogP contribution in [0, 0.1) is 12.8 Å². The third-order valence-electron chi connectivity index (χ3n) is 2.63. The van der Waals surface area contributed by atoms with Crippen LogP contribution in [0.2, 0.25) is 0 Å². The molecule has 0 saturated heterocycles. The van der Waals surface area contributed by atoms with E-state index < -0.39 is 0 Å². The summed E-state index contributed by atoms with van der Waals surface area (Å²) in [6, 6.07) is 3.86. The van der Waals surface area contributed by atoms with Crippen molar-refractivity contribution in [3.8, 4) is 5.88 Å². The molecule has 0 radical (unpaired) electrons. The van der Waals surface area contributed by atoms with E-state index in [1.54, 1.807) is 6.26 Å². The lowest BCUT2D eigenvalue weighted by Gasteiger charge is -2.04. The Kier molecular flexibility index (Phi) is 4.63. The Morgan fingerprint density at radius 2 is 2.26 bits per heavy atom. The van der Waals surface area contributed by atoms with Gasteiger partial charge in [-0.1, -0.05) is 13.8 Å². The van der Waals surface area contributed by atoms with Crippen LogP contribution in [-0.2, 0) is 13.2 Å². The molecule has 19 heavy (non-hydrogen) atoms. The van der Waals surface area contributed by atoms with Crippen LogP contribution in [0.25, 0.3) is 0 Å². The molecule has 2 heterocycles. The van der Waals surface area contributed by atoms with Gasteiger partial charge in [0.15, 0.2) is 0 Å². The van der Waals surface area contributed by atoms with Crippen LogP contribution in [0.1, 0.15) is 30.9 Å². The molecule has 0 bridgehead atoms. The minimum atomic E-state index is 0.397. The molecule has 2 aromatic heterocycles. The second-order valence-electron chi connectivity index (χ2n) is 5.12. The highest BCUT2D eigenvalue weighted by molar-refractivity contribution is 5.15. The van der Waals surface area contributed by atoms with E-state index in [0.717, 1.165) is 30.1 Å². The summed E-state index contributed by atoms with van der Waals surface area (Å²) in [7, 11) is 0. The molecule has 2 rings (SSSR count). The summed E-state index contributed by atoms with van der Waals surface area (Å²) in [4.78, 5) is 0. The van der Waals surface area contributed by atoms with E-state index in [9.17, 15) is 0 Å². The average Bonchev–Trinajstić information content (AvgIpc) is 2.95. The molecule has 0 aliphatic heterocycles. The van der Waals surface area contributed by atoms with E-state index >= 15 is 0 Å². The zero-order chi connectivity index (χ0) is 13.7. The number of hydrogen-bond acceptors (Lipinski definition) is 4. The van der Waals surface area contributed by atoms with Gasteiger partial charge in [0.1, 0.15) is 12.4 Å². The molecule has 0 atom stereocenters. The van der Waals surface area contributed by atoms with Crippen LogP contribution in [-0.4, -0.2) is 16.7 Å². The molecule has 5 heteroatoms. The van der Waals surface area contributed by atoms with Gasteiger partial charge in [0, 0.05) is 23.9 Å². The summed E-state index contributed by atoms with van der Waals surface area (Å²) >= 11 is 0. The number of nitrogens with one attached hydrogen (secondary N) is 2. The first-order chi connectivity index (χ1) is 9.13. The summed E-state index contributed by atoms with van der Waals surface area (Å²) in [5, 5.41) is 10.2. The van der Waals surface area contributed by atoms with Crippen LogP contribution in [0.5, 0.6) is 5.88 Å². The third-order valence-corrected chi connectivity index (χ3v) is 2.63. The molecule has 0 aromatic carbocycles. The minimum Gasteiger partial charge on any atom is -0.468 e. The second kappa shape index (κ2) is 6.43. The van der Waals surface area contributed by atoms with E-state index in [1.165, 1.54) is 0 Å². The average molecular weight is 263 g/mol. The predicted molar refractivity (Wildman–Crippen MR) is 72.9 cm³/mol. The largest absolute Gasteiger partial charge is 0.468 e. The van der Waals surface area contributed by atoms with Crippen molar-refractivity contribution >= 4 is 0 Å². The normalized spacial score (nSPS) is 11.2. The smallest absolute Gasteiger partial charge is 0.233 e. The number of aryl methyl sites for hydroxylation is 1. The van der Waals surface area contributed by atoms with Gasteiger partial charge in [-0.05, 0) is 25.5 Å². The molecule has 0 fully saturated rings. The maximum atomic E-state index is 5.51. The molecule has 2 aromatic rings. The lowest BCUT2D eigenvalue weighted by atomic mass is 10.2. The molecule has 0 amide bonds. The van der Waals surface area contributed by atoms with Crippen molar-refractivity contribution in [2.24, 2.45) is 5.92 Å². The zero-order valence-electron chi connectivity index (χ0n) is 11.7. The van der Waals surface area contributed by atoms with Gasteiger partial charge in [-0.2, -0.15) is 0 Å². The predicted octanol–water partition coefficient (Wildman–Crippen LogP) is 2.64. The minimum absolute atomic E-state index is 0.397. The lowest BCUT2D eigenvalue weighted by Crippen LogP contribution is -2.18. The van der Waals surface area contributed by atoms with Crippen LogP contribution in [0.4, 0.5) is 0 Å². The summed E-state index contributed by atoms with van der Waals surface area (Å²) in [5.41, 5.74) is 2.12. The molecule has 104 valence electrons. The van der Waals surface area contributed by atoms with Gasteiger partial charge in [-0.3, -0.25) is 5.10 Å². The van der Waals surface area contributed by atoms with Crippen molar-refractivity contribution in [3.05, 3.63) is 35.4 Å². The molecule has 0 aliphatic rings. The number of aromatic nitrogens is 2. The molecule has 0 spiro atoms. The molecule has 0 unspecified atom stereocenters. The summed E-state index contributed by atoms with van der Waals surface area (Å²) < 4.78 is 11.0. The van der Waals surface area contributed by atoms with Crippen molar-refractivity contribution in [3.63, 3.8) is 0 Å². The summed E-state index contributed by atoms with van der Waals surface area (Å²) in [5.74, 6) is 2.05. The van der Waals surface area contributed by atoms with Gasteiger partial charge in [0.05, 0.1) is 6.26 Å². The molecule has 5 nitrogen and oxygen atoms in total. The Morgan fingerprint density at radius 1 is 1.42 bits per heavy atom. The maximum Gasteiger partial charge on any atom is 0.233 e. The van der Waals surface area contributed by atoms with Gasteiger partial charge in [0.25, 0.3) is 0 Å². The Labute approximate surface area is 113 Å². The Balaban J connectivity index is 1.77. The van der Waals surface area contributed by atoms with Crippen molar-refractivity contribution in [1.82, 2.24) is 15.5 Å². The number of nitrogens with zero attached hydrogens (tertiary/aromatic N) is 1. The first-order valence-corrected chi connectivity index (χ1v) is 6.55. The van der Waals surface area contributed by atoms with Gasteiger partial charge in [0.2, 0.25) is 5.88 Å². The van der Waals surface area contributed by atoms with Gasteiger partial charge < -0.3 is 14.5 Å².